The lowest BCUT2D eigenvalue weighted by Crippen LogP contribution is -2.12. The van der Waals surface area contributed by atoms with Crippen molar-refractivity contribution in [2.45, 2.75) is 19.9 Å². The van der Waals surface area contributed by atoms with Gasteiger partial charge in [-0.25, -0.2) is 4.39 Å². The Morgan fingerprint density at radius 2 is 2.05 bits per heavy atom. The number of nitrogens with zero attached hydrogens (tertiary/aromatic N) is 3. The highest BCUT2D eigenvalue weighted by Crippen LogP contribution is 2.22. The standard InChI is InChI=1S/C16H15FN4O/c1-10(2)21-15-6-14(4-3-11(15)8-19-21)20-16(22)12-5-13(17)9-18-7-12/h3-10H,1-2H3,(H,20,22). The van der Waals surface area contributed by atoms with Gasteiger partial charge in [0.2, 0.25) is 0 Å². The first-order chi connectivity index (χ1) is 10.5. The second-order valence-electron chi connectivity index (χ2n) is 5.30. The van der Waals surface area contributed by atoms with Crippen molar-refractivity contribution < 1.29 is 9.18 Å². The van der Waals surface area contributed by atoms with Gasteiger partial charge in [0.05, 0.1) is 23.5 Å². The molecular formula is C16H15FN4O. The molecule has 0 spiro atoms. The summed E-state index contributed by atoms with van der Waals surface area (Å²) in [6.45, 7) is 4.08. The number of amides is 1. The zero-order chi connectivity index (χ0) is 15.7. The van der Waals surface area contributed by atoms with Gasteiger partial charge in [0.25, 0.3) is 5.91 Å². The van der Waals surface area contributed by atoms with Crippen molar-refractivity contribution in [1.82, 2.24) is 14.8 Å². The fraction of sp³-hybridized carbons (Fsp3) is 0.188. The van der Waals surface area contributed by atoms with Crippen LogP contribution < -0.4 is 5.32 Å². The van der Waals surface area contributed by atoms with Gasteiger partial charge in [-0.1, -0.05) is 0 Å². The molecule has 0 saturated heterocycles. The van der Waals surface area contributed by atoms with Gasteiger partial charge in [0.1, 0.15) is 5.82 Å². The summed E-state index contributed by atoms with van der Waals surface area (Å²) in [6.07, 6.45) is 4.18. The number of rotatable bonds is 3. The van der Waals surface area contributed by atoms with Crippen LogP contribution in [0.1, 0.15) is 30.2 Å². The second-order valence-corrected chi connectivity index (χ2v) is 5.30. The van der Waals surface area contributed by atoms with Crippen molar-refractivity contribution >= 4 is 22.5 Å². The van der Waals surface area contributed by atoms with Gasteiger partial charge in [-0.2, -0.15) is 5.10 Å². The molecule has 22 heavy (non-hydrogen) atoms. The molecule has 112 valence electrons. The summed E-state index contributed by atoms with van der Waals surface area (Å²) in [7, 11) is 0. The van der Waals surface area contributed by atoms with E-state index in [1.807, 2.05) is 30.7 Å². The van der Waals surface area contributed by atoms with E-state index in [1.54, 1.807) is 12.3 Å². The molecule has 0 bridgehead atoms. The molecule has 0 fully saturated rings. The fourth-order valence-electron chi connectivity index (χ4n) is 2.27. The van der Waals surface area contributed by atoms with Gasteiger partial charge in [-0.05, 0) is 38.1 Å². The molecule has 0 aliphatic rings. The summed E-state index contributed by atoms with van der Waals surface area (Å²) in [5, 5.41) is 8.08. The van der Waals surface area contributed by atoms with Crippen LogP contribution in [-0.2, 0) is 0 Å². The maximum absolute atomic E-state index is 13.1. The molecule has 1 N–H and O–H groups in total. The van der Waals surface area contributed by atoms with Crippen molar-refractivity contribution in [3.63, 3.8) is 0 Å². The highest BCUT2D eigenvalue weighted by atomic mass is 19.1. The zero-order valence-corrected chi connectivity index (χ0v) is 12.2. The topological polar surface area (TPSA) is 59.8 Å². The van der Waals surface area contributed by atoms with Crippen LogP contribution in [-0.4, -0.2) is 20.7 Å². The molecule has 0 unspecified atom stereocenters. The summed E-state index contributed by atoms with van der Waals surface area (Å²) in [5.74, 6) is -0.942. The van der Waals surface area contributed by atoms with Crippen LogP contribution in [0.4, 0.5) is 10.1 Å². The predicted octanol–water partition coefficient (Wildman–Crippen LogP) is 3.40. The average molecular weight is 298 g/mol. The third kappa shape index (κ3) is 2.67. The number of nitrogens with one attached hydrogen (secondary N) is 1. The normalized spacial score (nSPS) is 11.1. The minimum atomic E-state index is -0.541. The largest absolute Gasteiger partial charge is 0.322 e. The maximum atomic E-state index is 13.1. The van der Waals surface area contributed by atoms with E-state index in [2.05, 4.69) is 15.4 Å². The Bertz CT molecular complexity index is 841. The molecule has 3 rings (SSSR count). The minimum absolute atomic E-state index is 0.178. The van der Waals surface area contributed by atoms with E-state index >= 15 is 0 Å². The molecule has 1 aromatic carbocycles. The maximum Gasteiger partial charge on any atom is 0.257 e. The highest BCUT2D eigenvalue weighted by molar-refractivity contribution is 6.04. The molecule has 0 aliphatic carbocycles. The summed E-state index contributed by atoms with van der Waals surface area (Å²) >= 11 is 0. The molecule has 2 heterocycles. The van der Waals surface area contributed by atoms with E-state index in [1.165, 1.54) is 6.20 Å². The number of hydrogen-bond acceptors (Lipinski definition) is 3. The van der Waals surface area contributed by atoms with Crippen molar-refractivity contribution in [3.05, 3.63) is 54.2 Å². The van der Waals surface area contributed by atoms with Crippen LogP contribution in [0.5, 0.6) is 0 Å². The number of hydrogen-bond donors (Lipinski definition) is 1. The molecule has 6 heteroatoms. The van der Waals surface area contributed by atoms with Gasteiger partial charge < -0.3 is 5.32 Å². The van der Waals surface area contributed by atoms with Crippen molar-refractivity contribution in [2.75, 3.05) is 5.32 Å². The first kappa shape index (κ1) is 14.2. The van der Waals surface area contributed by atoms with Crippen molar-refractivity contribution in [1.29, 1.82) is 0 Å². The van der Waals surface area contributed by atoms with Gasteiger partial charge in [0, 0.05) is 23.3 Å². The molecule has 0 radical (unpaired) electrons. The van der Waals surface area contributed by atoms with Crippen LogP contribution in [0, 0.1) is 5.82 Å². The predicted molar refractivity (Wildman–Crippen MR) is 82.3 cm³/mol. The first-order valence-corrected chi connectivity index (χ1v) is 6.94. The third-order valence-electron chi connectivity index (χ3n) is 3.31. The van der Waals surface area contributed by atoms with Gasteiger partial charge in [-0.15, -0.1) is 0 Å². The fourth-order valence-corrected chi connectivity index (χ4v) is 2.27. The monoisotopic (exact) mass is 298 g/mol. The van der Waals surface area contributed by atoms with Gasteiger partial charge >= 0.3 is 0 Å². The summed E-state index contributed by atoms with van der Waals surface area (Å²) in [5.41, 5.74) is 1.74. The van der Waals surface area contributed by atoms with E-state index in [0.717, 1.165) is 23.2 Å². The minimum Gasteiger partial charge on any atom is -0.322 e. The van der Waals surface area contributed by atoms with Crippen molar-refractivity contribution in [2.24, 2.45) is 0 Å². The van der Waals surface area contributed by atoms with Gasteiger partial charge in [0.15, 0.2) is 0 Å². The Morgan fingerprint density at radius 1 is 1.23 bits per heavy atom. The van der Waals surface area contributed by atoms with Crippen LogP contribution in [0.25, 0.3) is 10.9 Å². The number of halogens is 1. The zero-order valence-electron chi connectivity index (χ0n) is 12.2. The molecule has 3 aromatic rings. The van der Waals surface area contributed by atoms with E-state index in [9.17, 15) is 9.18 Å². The Labute approximate surface area is 126 Å². The molecule has 1 amide bonds. The quantitative estimate of drug-likeness (QED) is 0.806. The second kappa shape index (κ2) is 5.55. The molecule has 2 aromatic heterocycles. The Kier molecular flexibility index (Phi) is 3.58. The van der Waals surface area contributed by atoms with Crippen LogP contribution in [0.3, 0.4) is 0 Å². The lowest BCUT2D eigenvalue weighted by Gasteiger charge is -2.09. The molecule has 0 aliphatic heterocycles. The number of anilines is 1. The number of benzene rings is 1. The smallest absolute Gasteiger partial charge is 0.257 e. The van der Waals surface area contributed by atoms with E-state index in [0.29, 0.717) is 5.69 Å². The lowest BCUT2D eigenvalue weighted by atomic mass is 10.2. The number of pyridine rings is 1. The third-order valence-corrected chi connectivity index (χ3v) is 3.31. The van der Waals surface area contributed by atoms with E-state index in [-0.39, 0.29) is 11.6 Å². The summed E-state index contributed by atoms with van der Waals surface area (Å²) in [6, 6.07) is 6.91. The molecular weight excluding hydrogens is 283 g/mol. The van der Waals surface area contributed by atoms with Crippen LogP contribution in [0.15, 0.2) is 42.9 Å². The van der Waals surface area contributed by atoms with Crippen LogP contribution in [0.2, 0.25) is 0 Å². The SMILES string of the molecule is CC(C)n1ncc2ccc(NC(=O)c3cncc(F)c3)cc21. The highest BCUT2D eigenvalue weighted by Gasteiger charge is 2.10. The number of carbonyl (C=O) groups is 1. The molecule has 0 atom stereocenters. The van der Waals surface area contributed by atoms with E-state index < -0.39 is 11.7 Å². The lowest BCUT2D eigenvalue weighted by molar-refractivity contribution is 0.102. The summed E-state index contributed by atoms with van der Waals surface area (Å²) in [4.78, 5) is 15.8. The summed E-state index contributed by atoms with van der Waals surface area (Å²) < 4.78 is 15.0. The number of aromatic nitrogens is 3. The Balaban J connectivity index is 1.90. The van der Waals surface area contributed by atoms with E-state index in [4.69, 9.17) is 0 Å². The first-order valence-electron chi connectivity index (χ1n) is 6.94. The van der Waals surface area contributed by atoms with Gasteiger partial charge in [-0.3, -0.25) is 14.5 Å². The average Bonchev–Trinajstić information content (AvgIpc) is 2.90. The Morgan fingerprint density at radius 3 is 2.77 bits per heavy atom. The molecule has 0 saturated carbocycles. The van der Waals surface area contributed by atoms with Crippen LogP contribution >= 0.6 is 0 Å². The number of fused-ring (bicyclic) bond motifs is 1. The number of carbonyl (C=O) groups excluding carboxylic acids is 1. The molecule has 5 nitrogen and oxygen atoms in total. The Hall–Kier alpha value is -2.76. The van der Waals surface area contributed by atoms with Crippen molar-refractivity contribution in [3.8, 4) is 0 Å².